The topological polar surface area (TPSA) is 92.9 Å². The minimum atomic E-state index is -0.347. The summed E-state index contributed by atoms with van der Waals surface area (Å²) < 4.78 is 5.25. The summed E-state index contributed by atoms with van der Waals surface area (Å²) in [7, 11) is 0. The van der Waals surface area contributed by atoms with Gasteiger partial charge >= 0.3 is 0 Å². The Morgan fingerprint density at radius 3 is 2.36 bits per heavy atom. The van der Waals surface area contributed by atoms with Crippen molar-refractivity contribution in [3.63, 3.8) is 0 Å². The SMILES string of the molecule is CC(C)(C)c1cc(NC(=O)c2cnc(Nc3ccccc3)nc2)no1. The van der Waals surface area contributed by atoms with E-state index in [9.17, 15) is 4.79 Å². The summed E-state index contributed by atoms with van der Waals surface area (Å²) in [5.41, 5.74) is 1.03. The molecule has 0 spiro atoms. The molecule has 0 saturated carbocycles. The molecule has 128 valence electrons. The third kappa shape index (κ3) is 4.20. The van der Waals surface area contributed by atoms with Crippen LogP contribution in [0.1, 0.15) is 36.9 Å². The first-order chi connectivity index (χ1) is 11.9. The van der Waals surface area contributed by atoms with Gasteiger partial charge in [-0.25, -0.2) is 9.97 Å². The van der Waals surface area contributed by atoms with Crippen LogP contribution in [0.15, 0.2) is 53.3 Å². The number of hydrogen-bond acceptors (Lipinski definition) is 6. The fourth-order valence-corrected chi connectivity index (χ4v) is 2.04. The van der Waals surface area contributed by atoms with Gasteiger partial charge in [-0.1, -0.05) is 44.1 Å². The Labute approximate surface area is 145 Å². The first-order valence-corrected chi connectivity index (χ1v) is 7.84. The largest absolute Gasteiger partial charge is 0.359 e. The van der Waals surface area contributed by atoms with Gasteiger partial charge in [0.25, 0.3) is 5.91 Å². The minimum Gasteiger partial charge on any atom is -0.359 e. The van der Waals surface area contributed by atoms with Crippen LogP contribution < -0.4 is 10.6 Å². The average molecular weight is 337 g/mol. The summed E-state index contributed by atoms with van der Waals surface area (Å²) >= 11 is 0. The molecule has 3 rings (SSSR count). The fourth-order valence-electron chi connectivity index (χ4n) is 2.04. The molecule has 25 heavy (non-hydrogen) atoms. The van der Waals surface area contributed by atoms with Crippen molar-refractivity contribution in [2.45, 2.75) is 26.2 Å². The number of para-hydroxylation sites is 1. The molecule has 0 atom stereocenters. The lowest BCUT2D eigenvalue weighted by molar-refractivity contribution is 0.102. The van der Waals surface area contributed by atoms with Gasteiger partial charge in [-0.2, -0.15) is 0 Å². The van der Waals surface area contributed by atoms with Crippen molar-refractivity contribution in [2.24, 2.45) is 0 Å². The van der Waals surface area contributed by atoms with E-state index in [1.165, 1.54) is 12.4 Å². The molecule has 1 aromatic carbocycles. The van der Waals surface area contributed by atoms with Crippen LogP contribution in [0.3, 0.4) is 0 Å². The second-order valence-corrected chi connectivity index (χ2v) is 6.57. The highest BCUT2D eigenvalue weighted by atomic mass is 16.5. The van der Waals surface area contributed by atoms with Crippen molar-refractivity contribution in [3.05, 3.63) is 60.1 Å². The first-order valence-electron chi connectivity index (χ1n) is 7.84. The standard InChI is InChI=1S/C18H19N5O2/c1-18(2,3)14-9-15(23-25-14)22-16(24)12-10-19-17(20-11-12)21-13-7-5-4-6-8-13/h4-11H,1-3H3,(H,19,20,21)(H,22,23,24). The van der Waals surface area contributed by atoms with Gasteiger partial charge in [0, 0.05) is 29.6 Å². The summed E-state index contributed by atoms with van der Waals surface area (Å²) in [6, 6.07) is 11.3. The molecule has 0 radical (unpaired) electrons. The second kappa shape index (κ2) is 6.72. The van der Waals surface area contributed by atoms with Crippen molar-refractivity contribution in [2.75, 3.05) is 10.6 Å². The number of rotatable bonds is 4. The Hall–Kier alpha value is -3.22. The second-order valence-electron chi connectivity index (χ2n) is 6.57. The summed E-state index contributed by atoms with van der Waals surface area (Å²) in [6.07, 6.45) is 2.91. The first kappa shape index (κ1) is 16.6. The zero-order chi connectivity index (χ0) is 17.9. The van der Waals surface area contributed by atoms with Gasteiger partial charge < -0.3 is 15.2 Å². The molecular formula is C18H19N5O2. The smallest absolute Gasteiger partial charge is 0.260 e. The summed E-state index contributed by atoms with van der Waals surface area (Å²) in [5, 5.41) is 9.60. The maximum absolute atomic E-state index is 12.2. The zero-order valence-corrected chi connectivity index (χ0v) is 14.3. The molecule has 2 aromatic heterocycles. The van der Waals surface area contributed by atoms with Crippen molar-refractivity contribution in [3.8, 4) is 0 Å². The van der Waals surface area contributed by atoms with E-state index in [4.69, 9.17) is 4.52 Å². The maximum Gasteiger partial charge on any atom is 0.260 e. The highest BCUT2D eigenvalue weighted by Gasteiger charge is 2.20. The predicted molar refractivity (Wildman–Crippen MR) is 94.9 cm³/mol. The normalized spacial score (nSPS) is 11.2. The van der Waals surface area contributed by atoms with Gasteiger partial charge in [0.15, 0.2) is 5.82 Å². The highest BCUT2D eigenvalue weighted by Crippen LogP contribution is 2.24. The Balaban J connectivity index is 1.65. The van der Waals surface area contributed by atoms with Crippen LogP contribution in [0.5, 0.6) is 0 Å². The molecule has 0 saturated heterocycles. The highest BCUT2D eigenvalue weighted by molar-refractivity contribution is 6.03. The van der Waals surface area contributed by atoms with E-state index in [1.54, 1.807) is 6.07 Å². The number of amides is 1. The molecule has 7 heteroatoms. The van der Waals surface area contributed by atoms with E-state index >= 15 is 0 Å². The van der Waals surface area contributed by atoms with Crippen LogP contribution >= 0.6 is 0 Å². The van der Waals surface area contributed by atoms with E-state index < -0.39 is 0 Å². The maximum atomic E-state index is 12.2. The Morgan fingerprint density at radius 1 is 1.08 bits per heavy atom. The van der Waals surface area contributed by atoms with Crippen molar-refractivity contribution >= 4 is 23.4 Å². The number of benzene rings is 1. The number of nitrogens with zero attached hydrogens (tertiary/aromatic N) is 3. The fraction of sp³-hybridized carbons (Fsp3) is 0.222. The molecule has 2 heterocycles. The summed E-state index contributed by atoms with van der Waals surface area (Å²) in [4.78, 5) is 20.6. The monoisotopic (exact) mass is 337 g/mol. The molecule has 0 unspecified atom stereocenters. The number of nitrogens with one attached hydrogen (secondary N) is 2. The molecule has 7 nitrogen and oxygen atoms in total. The van der Waals surface area contributed by atoms with Gasteiger partial charge in [-0.15, -0.1) is 0 Å². The third-order valence-corrected chi connectivity index (χ3v) is 3.43. The van der Waals surface area contributed by atoms with Crippen molar-refractivity contribution in [1.82, 2.24) is 15.1 Å². The lowest BCUT2D eigenvalue weighted by atomic mass is 9.93. The van der Waals surface area contributed by atoms with Crippen LogP contribution in [0.2, 0.25) is 0 Å². The molecule has 1 amide bonds. The van der Waals surface area contributed by atoms with Gasteiger partial charge in [-0.05, 0) is 12.1 Å². The van der Waals surface area contributed by atoms with Crippen LogP contribution in [0.25, 0.3) is 0 Å². The van der Waals surface area contributed by atoms with Gasteiger partial charge in [0.05, 0.1) is 5.56 Å². The van der Waals surface area contributed by atoms with E-state index in [0.717, 1.165) is 5.69 Å². The van der Waals surface area contributed by atoms with Crippen molar-refractivity contribution < 1.29 is 9.32 Å². The van der Waals surface area contributed by atoms with Gasteiger partial charge in [0.2, 0.25) is 5.95 Å². The third-order valence-electron chi connectivity index (χ3n) is 3.43. The average Bonchev–Trinajstić information content (AvgIpc) is 3.05. The molecule has 2 N–H and O–H groups in total. The van der Waals surface area contributed by atoms with Crippen LogP contribution in [-0.4, -0.2) is 21.0 Å². The lowest BCUT2D eigenvalue weighted by Crippen LogP contribution is -2.13. The van der Waals surface area contributed by atoms with Crippen LogP contribution in [0, 0.1) is 0 Å². The van der Waals surface area contributed by atoms with Gasteiger partial charge in [-0.3, -0.25) is 4.79 Å². The van der Waals surface area contributed by atoms with Crippen LogP contribution in [0.4, 0.5) is 17.5 Å². The Bertz CT molecular complexity index is 851. The lowest BCUT2D eigenvalue weighted by Gasteiger charge is -2.12. The van der Waals surface area contributed by atoms with Gasteiger partial charge in [0.1, 0.15) is 5.76 Å². The van der Waals surface area contributed by atoms with E-state index in [2.05, 4.69) is 25.8 Å². The van der Waals surface area contributed by atoms with Crippen molar-refractivity contribution in [1.29, 1.82) is 0 Å². The molecule has 0 fully saturated rings. The number of carbonyl (C=O) groups is 1. The minimum absolute atomic E-state index is 0.177. The molecular weight excluding hydrogens is 318 g/mol. The molecule has 0 bridgehead atoms. The number of aromatic nitrogens is 3. The zero-order valence-electron chi connectivity index (χ0n) is 14.3. The number of anilines is 3. The predicted octanol–water partition coefficient (Wildman–Crippen LogP) is 3.76. The molecule has 0 aliphatic carbocycles. The molecule has 0 aliphatic heterocycles. The molecule has 0 aliphatic rings. The van der Waals surface area contributed by atoms with Crippen LogP contribution in [-0.2, 0) is 5.41 Å². The van der Waals surface area contributed by atoms with E-state index in [0.29, 0.717) is 23.1 Å². The quantitative estimate of drug-likeness (QED) is 0.753. The Morgan fingerprint density at radius 2 is 1.76 bits per heavy atom. The summed E-state index contributed by atoms with van der Waals surface area (Å²) in [6.45, 7) is 6.02. The molecule has 3 aromatic rings. The van der Waals surface area contributed by atoms with E-state index in [-0.39, 0.29) is 11.3 Å². The number of hydrogen-bond donors (Lipinski definition) is 2. The number of carbonyl (C=O) groups excluding carboxylic acids is 1. The van der Waals surface area contributed by atoms with E-state index in [1.807, 2.05) is 51.1 Å². The summed E-state index contributed by atoms with van der Waals surface area (Å²) in [5.74, 6) is 1.13. The Kier molecular flexibility index (Phi) is 4.47.